The van der Waals surface area contributed by atoms with Gasteiger partial charge in [0.1, 0.15) is 5.69 Å². The minimum absolute atomic E-state index is 0.0855. The van der Waals surface area contributed by atoms with Crippen molar-refractivity contribution in [3.05, 3.63) is 34.4 Å². The van der Waals surface area contributed by atoms with Gasteiger partial charge in [0, 0.05) is 30.6 Å². The second kappa shape index (κ2) is 5.54. The van der Waals surface area contributed by atoms with Gasteiger partial charge in [-0.3, -0.25) is 4.79 Å². The Labute approximate surface area is 114 Å². The summed E-state index contributed by atoms with van der Waals surface area (Å²) in [5.74, 6) is -0.0855. The van der Waals surface area contributed by atoms with E-state index in [0.29, 0.717) is 18.8 Å². The number of nitrogens with one attached hydrogen (secondary N) is 1. The van der Waals surface area contributed by atoms with Crippen LogP contribution in [-0.2, 0) is 11.8 Å². The fourth-order valence-electron chi connectivity index (χ4n) is 1.94. The first-order chi connectivity index (χ1) is 8.65. The number of ether oxygens (including phenoxy) is 1. The maximum atomic E-state index is 12.0. The molecule has 0 spiro atoms. The van der Waals surface area contributed by atoms with Crippen LogP contribution in [0.4, 0.5) is 0 Å². The zero-order valence-corrected chi connectivity index (χ0v) is 12.0. The molecule has 2 rings (SSSR count). The SMILES string of the molecule is COCCNC(=O)c1cc2cccc(Br)c2n1C. The predicted molar refractivity (Wildman–Crippen MR) is 74.8 cm³/mol. The molecule has 0 radical (unpaired) electrons. The van der Waals surface area contributed by atoms with E-state index in [1.165, 1.54) is 0 Å². The van der Waals surface area contributed by atoms with Crippen molar-refractivity contribution < 1.29 is 9.53 Å². The van der Waals surface area contributed by atoms with Gasteiger partial charge in [0.15, 0.2) is 0 Å². The van der Waals surface area contributed by atoms with Crippen LogP contribution in [-0.4, -0.2) is 30.7 Å². The van der Waals surface area contributed by atoms with Gasteiger partial charge < -0.3 is 14.6 Å². The molecule has 1 aromatic heterocycles. The second-order valence-corrected chi connectivity index (χ2v) is 4.87. The number of amides is 1. The number of carbonyl (C=O) groups excluding carboxylic acids is 1. The summed E-state index contributed by atoms with van der Waals surface area (Å²) in [5, 5.41) is 3.87. The quantitative estimate of drug-likeness (QED) is 0.881. The van der Waals surface area contributed by atoms with E-state index in [0.717, 1.165) is 15.4 Å². The first kappa shape index (κ1) is 13.1. The molecule has 5 heteroatoms. The molecule has 0 aliphatic carbocycles. The van der Waals surface area contributed by atoms with Gasteiger partial charge in [0.05, 0.1) is 12.1 Å². The molecule has 1 amide bonds. The highest BCUT2D eigenvalue weighted by molar-refractivity contribution is 9.10. The minimum atomic E-state index is -0.0855. The largest absolute Gasteiger partial charge is 0.383 e. The number of rotatable bonds is 4. The molecule has 0 fully saturated rings. The molecule has 0 unspecified atom stereocenters. The number of para-hydroxylation sites is 1. The van der Waals surface area contributed by atoms with Crippen LogP contribution in [0.5, 0.6) is 0 Å². The van der Waals surface area contributed by atoms with E-state index in [1.54, 1.807) is 7.11 Å². The molecule has 2 aromatic rings. The summed E-state index contributed by atoms with van der Waals surface area (Å²) >= 11 is 3.50. The van der Waals surface area contributed by atoms with Crippen LogP contribution >= 0.6 is 15.9 Å². The number of methoxy groups -OCH3 is 1. The molecular formula is C13H15BrN2O2. The standard InChI is InChI=1S/C13H15BrN2O2/c1-16-11(13(17)15-6-7-18-2)8-9-4-3-5-10(14)12(9)16/h3-5,8H,6-7H2,1-2H3,(H,15,17). The Morgan fingerprint density at radius 3 is 2.94 bits per heavy atom. The molecule has 0 aliphatic rings. The van der Waals surface area contributed by atoms with Crippen molar-refractivity contribution in [1.82, 2.24) is 9.88 Å². The van der Waals surface area contributed by atoms with Crippen LogP contribution in [0.3, 0.4) is 0 Å². The first-order valence-electron chi connectivity index (χ1n) is 5.66. The van der Waals surface area contributed by atoms with E-state index in [1.807, 2.05) is 35.9 Å². The van der Waals surface area contributed by atoms with Crippen LogP contribution in [0.2, 0.25) is 0 Å². The molecule has 0 aliphatic heterocycles. The molecule has 0 saturated carbocycles. The second-order valence-electron chi connectivity index (χ2n) is 4.01. The third kappa shape index (κ3) is 2.42. The van der Waals surface area contributed by atoms with Gasteiger partial charge in [-0.2, -0.15) is 0 Å². The maximum Gasteiger partial charge on any atom is 0.268 e. The number of aromatic nitrogens is 1. The van der Waals surface area contributed by atoms with Gasteiger partial charge in [-0.1, -0.05) is 12.1 Å². The van der Waals surface area contributed by atoms with Crippen LogP contribution in [0.1, 0.15) is 10.5 Å². The van der Waals surface area contributed by atoms with Crippen molar-refractivity contribution in [2.24, 2.45) is 7.05 Å². The minimum Gasteiger partial charge on any atom is -0.383 e. The summed E-state index contributed by atoms with van der Waals surface area (Å²) in [7, 11) is 3.50. The van der Waals surface area contributed by atoms with Gasteiger partial charge in [0.2, 0.25) is 0 Å². The summed E-state index contributed by atoms with van der Waals surface area (Å²) in [6.07, 6.45) is 0. The van der Waals surface area contributed by atoms with E-state index < -0.39 is 0 Å². The highest BCUT2D eigenvalue weighted by atomic mass is 79.9. The Kier molecular flexibility index (Phi) is 4.04. The lowest BCUT2D eigenvalue weighted by Crippen LogP contribution is -2.28. The van der Waals surface area contributed by atoms with Crippen LogP contribution < -0.4 is 5.32 Å². The first-order valence-corrected chi connectivity index (χ1v) is 6.45. The molecule has 0 atom stereocenters. The van der Waals surface area contributed by atoms with Gasteiger partial charge in [-0.15, -0.1) is 0 Å². The summed E-state index contributed by atoms with van der Waals surface area (Å²) in [6, 6.07) is 7.81. The molecule has 0 saturated heterocycles. The molecule has 96 valence electrons. The Hall–Kier alpha value is -1.33. The van der Waals surface area contributed by atoms with Crippen molar-refractivity contribution in [2.75, 3.05) is 20.3 Å². The van der Waals surface area contributed by atoms with E-state index in [2.05, 4.69) is 21.2 Å². The number of benzene rings is 1. The number of carbonyl (C=O) groups is 1. The van der Waals surface area contributed by atoms with E-state index in [-0.39, 0.29) is 5.91 Å². The van der Waals surface area contributed by atoms with Crippen molar-refractivity contribution in [3.63, 3.8) is 0 Å². The molecule has 1 N–H and O–H groups in total. The molecule has 1 heterocycles. The third-order valence-corrected chi connectivity index (χ3v) is 3.47. The van der Waals surface area contributed by atoms with E-state index >= 15 is 0 Å². The van der Waals surface area contributed by atoms with Crippen molar-refractivity contribution in [1.29, 1.82) is 0 Å². The summed E-state index contributed by atoms with van der Waals surface area (Å²) in [4.78, 5) is 12.0. The Balaban J connectivity index is 2.31. The Morgan fingerprint density at radius 1 is 1.50 bits per heavy atom. The van der Waals surface area contributed by atoms with Crippen LogP contribution in [0.15, 0.2) is 28.7 Å². The number of fused-ring (bicyclic) bond motifs is 1. The van der Waals surface area contributed by atoms with Crippen LogP contribution in [0.25, 0.3) is 10.9 Å². The molecule has 0 bridgehead atoms. The number of halogens is 1. The number of hydrogen-bond acceptors (Lipinski definition) is 2. The normalized spacial score (nSPS) is 10.8. The van der Waals surface area contributed by atoms with Crippen molar-refractivity contribution in [2.45, 2.75) is 0 Å². The molecule has 1 aromatic carbocycles. The predicted octanol–water partition coefficient (Wildman–Crippen LogP) is 2.32. The Bertz CT molecular complexity index is 578. The van der Waals surface area contributed by atoms with Gasteiger partial charge in [-0.25, -0.2) is 0 Å². The summed E-state index contributed by atoms with van der Waals surface area (Å²) < 4.78 is 7.78. The highest BCUT2D eigenvalue weighted by Crippen LogP contribution is 2.26. The summed E-state index contributed by atoms with van der Waals surface area (Å²) in [6.45, 7) is 1.03. The van der Waals surface area contributed by atoms with Gasteiger partial charge >= 0.3 is 0 Å². The monoisotopic (exact) mass is 310 g/mol. The molecule has 18 heavy (non-hydrogen) atoms. The smallest absolute Gasteiger partial charge is 0.268 e. The number of hydrogen-bond donors (Lipinski definition) is 1. The van der Waals surface area contributed by atoms with E-state index in [9.17, 15) is 4.79 Å². The summed E-state index contributed by atoms with van der Waals surface area (Å²) in [5.41, 5.74) is 1.67. The van der Waals surface area contributed by atoms with Crippen molar-refractivity contribution >= 4 is 32.7 Å². The topological polar surface area (TPSA) is 43.3 Å². The number of nitrogens with zero attached hydrogens (tertiary/aromatic N) is 1. The number of aryl methyl sites for hydroxylation is 1. The van der Waals surface area contributed by atoms with E-state index in [4.69, 9.17) is 4.74 Å². The zero-order valence-electron chi connectivity index (χ0n) is 10.4. The average Bonchev–Trinajstić information content (AvgIpc) is 2.68. The maximum absolute atomic E-state index is 12.0. The van der Waals surface area contributed by atoms with Crippen LogP contribution in [0, 0.1) is 0 Å². The van der Waals surface area contributed by atoms with Gasteiger partial charge in [0.25, 0.3) is 5.91 Å². The fourth-order valence-corrected chi connectivity index (χ4v) is 2.59. The average molecular weight is 311 g/mol. The Morgan fingerprint density at radius 2 is 2.28 bits per heavy atom. The zero-order chi connectivity index (χ0) is 13.1. The van der Waals surface area contributed by atoms with Gasteiger partial charge in [-0.05, 0) is 28.1 Å². The highest BCUT2D eigenvalue weighted by Gasteiger charge is 2.14. The molecule has 4 nitrogen and oxygen atoms in total. The van der Waals surface area contributed by atoms with Crippen molar-refractivity contribution in [3.8, 4) is 0 Å². The lowest BCUT2D eigenvalue weighted by Gasteiger charge is -2.06. The molecular weight excluding hydrogens is 296 g/mol. The lowest BCUT2D eigenvalue weighted by atomic mass is 10.2. The fraction of sp³-hybridized carbons (Fsp3) is 0.308. The third-order valence-electron chi connectivity index (χ3n) is 2.83. The lowest BCUT2D eigenvalue weighted by molar-refractivity contribution is 0.0929.